The third-order valence-corrected chi connectivity index (χ3v) is 1.98. The number of hydrogen-bond donors (Lipinski definition) is 1. The van der Waals surface area contributed by atoms with Crippen molar-refractivity contribution in [3.05, 3.63) is 41.4 Å². The highest BCUT2D eigenvalue weighted by Crippen LogP contribution is 1.97. The molecule has 0 aliphatic rings. The van der Waals surface area contributed by atoms with Crippen molar-refractivity contribution in [1.29, 1.82) is 0 Å². The lowest BCUT2D eigenvalue weighted by atomic mass is 10.2. The summed E-state index contributed by atoms with van der Waals surface area (Å²) in [5.74, 6) is -0.814. The van der Waals surface area contributed by atoms with Gasteiger partial charge in [-0.25, -0.2) is 0 Å². The number of rotatable bonds is 4. The molecule has 0 unspecified atom stereocenters. The Balaban J connectivity index is 2.60. The van der Waals surface area contributed by atoms with Gasteiger partial charge in [-0.05, 0) is 17.2 Å². The maximum atomic E-state index is 11.3. The van der Waals surface area contributed by atoms with Crippen molar-refractivity contribution < 1.29 is 14.4 Å². The van der Waals surface area contributed by atoms with Gasteiger partial charge in [-0.3, -0.25) is 9.59 Å². The van der Waals surface area contributed by atoms with Crippen LogP contribution in [0.3, 0.4) is 0 Å². The Kier molecular flexibility index (Phi) is 4.39. The van der Waals surface area contributed by atoms with Gasteiger partial charge >= 0.3 is 16.9 Å². The second-order valence-electron chi connectivity index (χ2n) is 2.89. The maximum absolute atomic E-state index is 11.3. The third kappa shape index (κ3) is 3.31. The molecule has 0 saturated heterocycles. The quantitative estimate of drug-likeness (QED) is 0.275. The van der Waals surface area contributed by atoms with Crippen LogP contribution in [0.1, 0.15) is 5.56 Å². The molecule has 0 bridgehead atoms. The van der Waals surface area contributed by atoms with E-state index in [2.05, 4.69) is 10.1 Å². The second kappa shape index (κ2) is 5.80. The Morgan fingerprint density at radius 2 is 1.94 bits per heavy atom. The molecule has 0 radical (unpaired) electrons. The third-order valence-electron chi connectivity index (χ3n) is 1.80. The largest absolute Gasteiger partial charge is 0.437 e. The van der Waals surface area contributed by atoms with Crippen LogP contribution in [0.2, 0.25) is 0 Å². The summed E-state index contributed by atoms with van der Waals surface area (Å²) in [5.41, 5.74) is 8.52. The van der Waals surface area contributed by atoms with Crippen molar-refractivity contribution in [2.24, 2.45) is 0 Å². The van der Waals surface area contributed by atoms with E-state index in [0.29, 0.717) is 0 Å². The van der Waals surface area contributed by atoms with E-state index < -0.39 is 16.9 Å². The smallest absolute Gasteiger partial charge is 0.360 e. The Morgan fingerprint density at radius 3 is 2.44 bits per heavy atom. The van der Waals surface area contributed by atoms with Gasteiger partial charge in [0.1, 0.15) is 0 Å². The van der Waals surface area contributed by atoms with Crippen molar-refractivity contribution in [1.82, 2.24) is 5.32 Å². The summed E-state index contributed by atoms with van der Waals surface area (Å²) in [6.45, 7) is 0.225. The number of amides is 1. The molecule has 0 aliphatic heterocycles. The first kappa shape index (κ1) is 12.1. The maximum Gasteiger partial charge on any atom is 0.437 e. The summed E-state index contributed by atoms with van der Waals surface area (Å²) < 4.78 is 0. The van der Waals surface area contributed by atoms with Crippen molar-refractivity contribution >= 4 is 28.5 Å². The van der Waals surface area contributed by atoms with Crippen molar-refractivity contribution in [2.45, 2.75) is 6.54 Å². The fraction of sp³-hybridized carbons (Fsp3) is 0.100. The first-order valence-corrected chi connectivity index (χ1v) is 4.77. The molecular weight excluding hydrogens is 230 g/mol. The van der Waals surface area contributed by atoms with E-state index >= 15 is 0 Å². The average molecular weight is 238 g/mol. The lowest BCUT2D eigenvalue weighted by molar-refractivity contribution is -0.122. The van der Waals surface area contributed by atoms with Gasteiger partial charge < -0.3 is 10.8 Å². The number of halogens is 1. The molecule has 1 aromatic rings. The van der Waals surface area contributed by atoms with Crippen LogP contribution in [0.5, 0.6) is 0 Å². The summed E-state index contributed by atoms with van der Waals surface area (Å²) in [7, 11) is 0. The molecule has 5 nitrogen and oxygen atoms in total. The Hall–Kier alpha value is -1.97. The van der Waals surface area contributed by atoms with E-state index in [1.165, 1.54) is 0 Å². The van der Waals surface area contributed by atoms with Crippen LogP contribution in [0.15, 0.2) is 30.3 Å². The average Bonchev–Trinajstić information content (AvgIpc) is 2.28. The normalized spacial score (nSPS) is 9.06. The minimum absolute atomic E-state index is 0.225. The summed E-state index contributed by atoms with van der Waals surface area (Å²) in [5, 5.41) is 1.29. The predicted molar refractivity (Wildman–Crippen MR) is 57.8 cm³/mol. The lowest BCUT2D eigenvalue weighted by Crippen LogP contribution is -2.34. The summed E-state index contributed by atoms with van der Waals surface area (Å²) in [6.07, 6.45) is 0. The first-order chi connectivity index (χ1) is 7.65. The van der Waals surface area contributed by atoms with Gasteiger partial charge in [-0.15, -0.1) is 0 Å². The SMILES string of the molecule is [N-]=[N+]=C(C(=O)Cl)C(=O)NCc1ccccc1. The highest BCUT2D eigenvalue weighted by molar-refractivity contribution is 6.89. The molecule has 0 fully saturated rings. The zero-order valence-electron chi connectivity index (χ0n) is 8.18. The molecule has 0 saturated carbocycles. The topological polar surface area (TPSA) is 82.6 Å². The summed E-state index contributed by atoms with van der Waals surface area (Å²) in [6, 6.07) is 9.08. The van der Waals surface area contributed by atoms with Crippen LogP contribution in [0.25, 0.3) is 5.53 Å². The zero-order valence-corrected chi connectivity index (χ0v) is 8.94. The minimum Gasteiger partial charge on any atom is -0.360 e. The van der Waals surface area contributed by atoms with Crippen LogP contribution in [-0.4, -0.2) is 21.7 Å². The summed E-state index contributed by atoms with van der Waals surface area (Å²) in [4.78, 5) is 24.4. The molecule has 6 heteroatoms. The van der Waals surface area contributed by atoms with E-state index in [9.17, 15) is 9.59 Å². The molecule has 82 valence electrons. The molecule has 1 N–H and O–H groups in total. The second-order valence-corrected chi connectivity index (χ2v) is 3.23. The van der Waals surface area contributed by atoms with Crippen molar-refractivity contribution in [3.63, 3.8) is 0 Å². The summed E-state index contributed by atoms with van der Waals surface area (Å²) >= 11 is 5.03. The van der Waals surface area contributed by atoms with Gasteiger partial charge in [0.15, 0.2) is 0 Å². The van der Waals surface area contributed by atoms with Gasteiger partial charge in [-0.2, -0.15) is 4.79 Å². The number of nitrogens with zero attached hydrogens (tertiary/aromatic N) is 2. The molecule has 0 aliphatic carbocycles. The molecule has 16 heavy (non-hydrogen) atoms. The van der Waals surface area contributed by atoms with Crippen molar-refractivity contribution in [2.75, 3.05) is 0 Å². The molecular formula is C10H8ClN3O2. The highest BCUT2D eigenvalue weighted by Gasteiger charge is 2.27. The van der Waals surface area contributed by atoms with Gasteiger partial charge in [0.25, 0.3) is 0 Å². The molecule has 0 atom stereocenters. The highest BCUT2D eigenvalue weighted by atomic mass is 35.5. The Morgan fingerprint density at radius 1 is 1.31 bits per heavy atom. The number of nitrogens with one attached hydrogen (secondary N) is 1. The van der Waals surface area contributed by atoms with Gasteiger partial charge in [0, 0.05) is 6.54 Å². The molecule has 1 amide bonds. The van der Waals surface area contributed by atoms with Gasteiger partial charge in [-0.1, -0.05) is 30.3 Å². The fourth-order valence-electron chi connectivity index (χ4n) is 1.04. The zero-order chi connectivity index (χ0) is 12.0. The van der Waals surface area contributed by atoms with E-state index in [1.54, 1.807) is 12.1 Å². The number of hydrogen-bond acceptors (Lipinski definition) is 2. The molecule has 1 rings (SSSR count). The van der Waals surface area contributed by atoms with E-state index in [1.807, 2.05) is 18.2 Å². The van der Waals surface area contributed by atoms with Crippen LogP contribution in [0, 0.1) is 0 Å². The van der Waals surface area contributed by atoms with Crippen LogP contribution in [0.4, 0.5) is 0 Å². The van der Waals surface area contributed by atoms with Crippen LogP contribution >= 0.6 is 11.6 Å². The van der Waals surface area contributed by atoms with Crippen molar-refractivity contribution in [3.8, 4) is 0 Å². The van der Waals surface area contributed by atoms with Crippen LogP contribution in [-0.2, 0) is 16.1 Å². The predicted octanol–water partition coefficient (Wildman–Crippen LogP) is 0.739. The first-order valence-electron chi connectivity index (χ1n) is 4.39. The number of benzene rings is 1. The monoisotopic (exact) mass is 237 g/mol. The van der Waals surface area contributed by atoms with E-state index in [-0.39, 0.29) is 6.54 Å². The lowest BCUT2D eigenvalue weighted by Gasteiger charge is -2.00. The van der Waals surface area contributed by atoms with Crippen LogP contribution < -0.4 is 5.32 Å². The van der Waals surface area contributed by atoms with Gasteiger partial charge in [0.2, 0.25) is 0 Å². The minimum atomic E-state index is -1.10. The van der Waals surface area contributed by atoms with Gasteiger partial charge in [0.05, 0.1) is 0 Å². The van der Waals surface area contributed by atoms with E-state index in [4.69, 9.17) is 17.1 Å². The standard InChI is InChI=1S/C10H8ClN3O2/c11-9(15)8(14-12)10(16)13-6-7-4-2-1-3-5-7/h1-5H,6H2,(H,13,16). The molecule has 0 aromatic heterocycles. The number of carbonyl (C=O) groups excluding carboxylic acids is 2. The number of carbonyl (C=O) groups is 2. The Bertz CT molecular complexity index is 452. The molecule has 0 spiro atoms. The van der Waals surface area contributed by atoms with E-state index in [0.717, 1.165) is 5.56 Å². The fourth-order valence-corrected chi connectivity index (χ4v) is 1.16. The Labute approximate surface area is 96.6 Å². The molecule has 1 aromatic carbocycles. The molecule has 0 heterocycles.